The van der Waals surface area contributed by atoms with Crippen molar-refractivity contribution >= 4 is 32.1 Å². The lowest BCUT2D eigenvalue weighted by atomic mass is 10.1. The van der Waals surface area contributed by atoms with E-state index in [9.17, 15) is 8.42 Å². The Labute approximate surface area is 120 Å². The molecular weight excluding hydrogens is 300 g/mol. The van der Waals surface area contributed by atoms with Crippen LogP contribution in [0.5, 0.6) is 0 Å². The Bertz CT molecular complexity index is 700. The summed E-state index contributed by atoms with van der Waals surface area (Å²) in [5.74, 6) is 0.0221. The number of nitrogen functional groups attached to an aromatic ring is 1. The van der Waals surface area contributed by atoms with E-state index in [2.05, 4.69) is 9.71 Å². The summed E-state index contributed by atoms with van der Waals surface area (Å²) >= 11 is 1.34. The molecule has 3 rings (SSSR count). The minimum absolute atomic E-state index is 0.00422. The maximum atomic E-state index is 12.4. The van der Waals surface area contributed by atoms with E-state index in [0.717, 1.165) is 19.3 Å². The molecule has 2 aromatic rings. The van der Waals surface area contributed by atoms with Crippen molar-refractivity contribution in [1.29, 1.82) is 0 Å². The minimum atomic E-state index is -3.69. The predicted molar refractivity (Wildman–Crippen MR) is 76.3 cm³/mol. The highest BCUT2D eigenvalue weighted by Gasteiger charge is 2.26. The Morgan fingerprint density at radius 2 is 2.40 bits per heavy atom. The molecular formula is C11H16N4O3S2. The second kappa shape index (κ2) is 5.32. The average Bonchev–Trinajstić information content (AvgIpc) is 2.97. The van der Waals surface area contributed by atoms with E-state index < -0.39 is 10.0 Å². The van der Waals surface area contributed by atoms with Crippen LogP contribution in [0.2, 0.25) is 0 Å². The number of fused-ring (bicyclic) bond motifs is 1. The molecule has 7 nitrogen and oxygen atoms in total. The zero-order valence-electron chi connectivity index (χ0n) is 10.8. The van der Waals surface area contributed by atoms with Gasteiger partial charge in [-0.1, -0.05) is 0 Å². The van der Waals surface area contributed by atoms with Crippen LogP contribution in [0.15, 0.2) is 16.6 Å². The van der Waals surface area contributed by atoms with Gasteiger partial charge in [-0.3, -0.25) is 4.40 Å². The van der Waals surface area contributed by atoms with Crippen molar-refractivity contribution in [3.8, 4) is 0 Å². The number of hydrogen-bond donors (Lipinski definition) is 2. The molecule has 1 saturated heterocycles. The standard InChI is InChI=1S/C11H16N4O3S2/c12-9-10(15-4-6-19-11(15)14-9)20(16,17)13-7-8-3-1-2-5-18-8/h4,6,8,13H,1-3,5,7,12H2. The molecule has 1 fully saturated rings. The molecule has 1 atom stereocenters. The lowest BCUT2D eigenvalue weighted by Gasteiger charge is -2.22. The van der Waals surface area contributed by atoms with Crippen molar-refractivity contribution in [2.75, 3.05) is 18.9 Å². The molecule has 1 unspecified atom stereocenters. The van der Waals surface area contributed by atoms with Gasteiger partial charge in [0, 0.05) is 24.7 Å². The van der Waals surface area contributed by atoms with E-state index in [-0.39, 0.29) is 23.5 Å². The zero-order valence-corrected chi connectivity index (χ0v) is 12.4. The van der Waals surface area contributed by atoms with Crippen molar-refractivity contribution in [1.82, 2.24) is 14.1 Å². The maximum absolute atomic E-state index is 12.4. The second-order valence-corrected chi connectivity index (χ2v) is 7.25. The summed E-state index contributed by atoms with van der Waals surface area (Å²) in [5.41, 5.74) is 5.72. The van der Waals surface area contributed by atoms with Crippen LogP contribution in [0.25, 0.3) is 4.96 Å². The molecule has 110 valence electrons. The van der Waals surface area contributed by atoms with Gasteiger partial charge < -0.3 is 10.5 Å². The first-order chi connectivity index (χ1) is 9.58. The first-order valence-electron chi connectivity index (χ1n) is 6.40. The molecule has 0 amide bonds. The summed E-state index contributed by atoms with van der Waals surface area (Å²) in [6.45, 7) is 0.954. The Balaban J connectivity index is 1.80. The molecule has 1 aliphatic heterocycles. The van der Waals surface area contributed by atoms with Crippen LogP contribution in [0.4, 0.5) is 5.82 Å². The lowest BCUT2D eigenvalue weighted by molar-refractivity contribution is 0.0200. The minimum Gasteiger partial charge on any atom is -0.381 e. The molecule has 0 aromatic carbocycles. The number of anilines is 1. The largest absolute Gasteiger partial charge is 0.381 e. The number of nitrogens with one attached hydrogen (secondary N) is 1. The van der Waals surface area contributed by atoms with Gasteiger partial charge in [-0.15, -0.1) is 11.3 Å². The zero-order chi connectivity index (χ0) is 14.2. The van der Waals surface area contributed by atoms with Crippen LogP contribution in [-0.2, 0) is 14.8 Å². The fraction of sp³-hybridized carbons (Fsp3) is 0.545. The number of rotatable bonds is 4. The van der Waals surface area contributed by atoms with E-state index in [1.165, 1.54) is 15.7 Å². The topological polar surface area (TPSA) is 98.7 Å². The van der Waals surface area contributed by atoms with Crippen molar-refractivity contribution in [3.05, 3.63) is 11.6 Å². The number of ether oxygens (including phenoxy) is 1. The van der Waals surface area contributed by atoms with Gasteiger partial charge in [0.1, 0.15) is 0 Å². The Hall–Kier alpha value is -1.16. The molecule has 3 heterocycles. The van der Waals surface area contributed by atoms with Gasteiger partial charge in [0.15, 0.2) is 15.8 Å². The number of aromatic nitrogens is 2. The second-order valence-electron chi connectivity index (χ2n) is 4.70. The van der Waals surface area contributed by atoms with Crippen molar-refractivity contribution in [2.24, 2.45) is 0 Å². The van der Waals surface area contributed by atoms with Crippen molar-refractivity contribution < 1.29 is 13.2 Å². The Kier molecular flexibility index (Phi) is 3.67. The van der Waals surface area contributed by atoms with E-state index >= 15 is 0 Å². The van der Waals surface area contributed by atoms with Crippen LogP contribution >= 0.6 is 11.3 Å². The fourth-order valence-electron chi connectivity index (χ4n) is 2.29. The lowest BCUT2D eigenvalue weighted by Crippen LogP contribution is -2.36. The van der Waals surface area contributed by atoms with Gasteiger partial charge in [-0.25, -0.2) is 18.1 Å². The number of imidazole rings is 1. The first-order valence-corrected chi connectivity index (χ1v) is 8.76. The van der Waals surface area contributed by atoms with Gasteiger partial charge in [-0.05, 0) is 19.3 Å². The molecule has 0 radical (unpaired) electrons. The van der Waals surface area contributed by atoms with Crippen molar-refractivity contribution in [2.45, 2.75) is 30.4 Å². The summed E-state index contributed by atoms with van der Waals surface area (Å²) in [5, 5.41) is 1.77. The molecule has 0 bridgehead atoms. The maximum Gasteiger partial charge on any atom is 0.260 e. The molecule has 20 heavy (non-hydrogen) atoms. The highest BCUT2D eigenvalue weighted by molar-refractivity contribution is 7.89. The molecule has 1 aliphatic rings. The van der Waals surface area contributed by atoms with Crippen molar-refractivity contribution in [3.63, 3.8) is 0 Å². The van der Waals surface area contributed by atoms with Crippen LogP contribution < -0.4 is 10.5 Å². The summed E-state index contributed by atoms with van der Waals surface area (Å²) in [7, 11) is -3.69. The van der Waals surface area contributed by atoms with Crippen LogP contribution in [0.3, 0.4) is 0 Å². The molecule has 3 N–H and O–H groups in total. The average molecular weight is 316 g/mol. The SMILES string of the molecule is Nc1nc2sccn2c1S(=O)(=O)NCC1CCCCO1. The summed E-state index contributed by atoms with van der Waals surface area (Å²) < 4.78 is 34.3. The summed E-state index contributed by atoms with van der Waals surface area (Å²) in [6.07, 6.45) is 4.56. The molecule has 2 aromatic heterocycles. The van der Waals surface area contributed by atoms with Gasteiger partial charge in [0.2, 0.25) is 0 Å². The number of thiazole rings is 1. The van der Waals surface area contributed by atoms with Gasteiger partial charge in [0.25, 0.3) is 10.0 Å². The molecule has 0 saturated carbocycles. The first kappa shape index (κ1) is 13.8. The van der Waals surface area contributed by atoms with E-state index in [1.54, 1.807) is 11.6 Å². The van der Waals surface area contributed by atoms with E-state index in [1.807, 2.05) is 0 Å². The van der Waals surface area contributed by atoms with Crippen LogP contribution in [0.1, 0.15) is 19.3 Å². The van der Waals surface area contributed by atoms with Gasteiger partial charge >= 0.3 is 0 Å². The van der Waals surface area contributed by atoms with Crippen LogP contribution in [0, 0.1) is 0 Å². The normalized spacial score (nSPS) is 20.5. The smallest absolute Gasteiger partial charge is 0.260 e. The third-order valence-corrected chi connectivity index (χ3v) is 5.49. The third kappa shape index (κ3) is 2.53. The molecule has 0 aliphatic carbocycles. The number of sulfonamides is 1. The highest BCUT2D eigenvalue weighted by Crippen LogP contribution is 2.23. The highest BCUT2D eigenvalue weighted by atomic mass is 32.2. The number of hydrogen-bond acceptors (Lipinski definition) is 6. The number of nitrogens with zero attached hydrogens (tertiary/aromatic N) is 2. The monoisotopic (exact) mass is 316 g/mol. The third-order valence-electron chi connectivity index (χ3n) is 3.27. The quantitative estimate of drug-likeness (QED) is 0.870. The molecule has 0 spiro atoms. The van der Waals surface area contributed by atoms with Gasteiger partial charge in [-0.2, -0.15) is 0 Å². The predicted octanol–water partition coefficient (Wildman–Crippen LogP) is 0.825. The van der Waals surface area contributed by atoms with E-state index in [0.29, 0.717) is 11.6 Å². The molecule has 9 heteroatoms. The summed E-state index contributed by atoms with van der Waals surface area (Å²) in [4.78, 5) is 4.61. The van der Waals surface area contributed by atoms with E-state index in [4.69, 9.17) is 10.5 Å². The fourth-order valence-corrected chi connectivity index (χ4v) is 4.34. The van der Waals surface area contributed by atoms with Gasteiger partial charge in [0.05, 0.1) is 6.10 Å². The Morgan fingerprint density at radius 3 is 3.15 bits per heavy atom. The summed E-state index contributed by atoms with van der Waals surface area (Å²) in [6, 6.07) is 0. The number of nitrogens with two attached hydrogens (primary N) is 1. The Morgan fingerprint density at radius 1 is 1.55 bits per heavy atom. The van der Waals surface area contributed by atoms with Crippen LogP contribution in [-0.4, -0.2) is 37.1 Å².